The summed E-state index contributed by atoms with van der Waals surface area (Å²) in [6.45, 7) is 10.3. The molecular formula is C22H23N5O2S2. The molecule has 1 fully saturated rings. The number of aromatic nitrogens is 4. The third kappa shape index (κ3) is 4.23. The summed E-state index contributed by atoms with van der Waals surface area (Å²) in [6, 6.07) is 8.01. The van der Waals surface area contributed by atoms with Gasteiger partial charge in [-0.15, -0.1) is 21.5 Å². The largest absolute Gasteiger partial charge is 0.411 e. The van der Waals surface area contributed by atoms with Crippen molar-refractivity contribution in [1.29, 1.82) is 0 Å². The molecule has 9 heteroatoms. The van der Waals surface area contributed by atoms with E-state index in [2.05, 4.69) is 28.9 Å². The number of fused-ring (bicyclic) bond motifs is 1. The number of hydrogen-bond donors (Lipinski definition) is 0. The van der Waals surface area contributed by atoms with E-state index >= 15 is 0 Å². The highest BCUT2D eigenvalue weighted by Gasteiger charge is 2.20. The van der Waals surface area contributed by atoms with Crippen LogP contribution in [0, 0.1) is 20.8 Å². The highest BCUT2D eigenvalue weighted by atomic mass is 32.2. The van der Waals surface area contributed by atoms with Gasteiger partial charge in [0.05, 0.1) is 19.8 Å². The Morgan fingerprint density at radius 1 is 1.06 bits per heavy atom. The second-order valence-corrected chi connectivity index (χ2v) is 9.73. The first-order valence-corrected chi connectivity index (χ1v) is 11.9. The van der Waals surface area contributed by atoms with E-state index in [1.807, 2.05) is 31.2 Å². The summed E-state index contributed by atoms with van der Waals surface area (Å²) in [4.78, 5) is 14.4. The molecule has 0 bridgehead atoms. The molecule has 0 N–H and O–H groups in total. The van der Waals surface area contributed by atoms with Crippen molar-refractivity contribution in [2.24, 2.45) is 0 Å². The van der Waals surface area contributed by atoms with E-state index < -0.39 is 0 Å². The zero-order valence-electron chi connectivity index (χ0n) is 17.7. The van der Waals surface area contributed by atoms with Gasteiger partial charge >= 0.3 is 0 Å². The average Bonchev–Trinajstić information content (AvgIpc) is 3.33. The highest BCUT2D eigenvalue weighted by Crippen LogP contribution is 2.38. The van der Waals surface area contributed by atoms with Crippen LogP contribution in [-0.4, -0.2) is 51.4 Å². The number of morpholine rings is 1. The molecule has 0 saturated carbocycles. The van der Waals surface area contributed by atoms with Crippen molar-refractivity contribution in [3.05, 3.63) is 46.1 Å². The minimum absolute atomic E-state index is 0.485. The highest BCUT2D eigenvalue weighted by molar-refractivity contribution is 7.99. The van der Waals surface area contributed by atoms with Crippen LogP contribution in [-0.2, 0) is 11.3 Å². The monoisotopic (exact) mass is 453 g/mol. The summed E-state index contributed by atoms with van der Waals surface area (Å²) in [5.41, 5.74) is 3.26. The van der Waals surface area contributed by atoms with Gasteiger partial charge in [0.1, 0.15) is 15.7 Å². The Hall–Kier alpha value is -2.33. The van der Waals surface area contributed by atoms with Crippen LogP contribution >= 0.6 is 23.1 Å². The lowest BCUT2D eigenvalue weighted by atomic mass is 10.1. The Morgan fingerprint density at radius 2 is 1.87 bits per heavy atom. The summed E-state index contributed by atoms with van der Waals surface area (Å²) in [5.74, 6) is 1.34. The molecule has 0 atom stereocenters. The molecule has 0 radical (unpaired) electrons. The molecule has 7 nitrogen and oxygen atoms in total. The van der Waals surface area contributed by atoms with Crippen LogP contribution in [0.2, 0.25) is 0 Å². The smallest absolute Gasteiger partial charge is 0.283 e. The first-order valence-electron chi connectivity index (χ1n) is 10.2. The lowest BCUT2D eigenvalue weighted by Gasteiger charge is -2.25. The number of ether oxygens (including phenoxy) is 1. The van der Waals surface area contributed by atoms with Crippen molar-refractivity contribution < 1.29 is 9.15 Å². The van der Waals surface area contributed by atoms with Crippen molar-refractivity contribution in [2.75, 3.05) is 26.3 Å². The molecule has 4 heterocycles. The van der Waals surface area contributed by atoms with E-state index in [4.69, 9.17) is 19.1 Å². The van der Waals surface area contributed by atoms with E-state index in [1.165, 1.54) is 22.2 Å². The van der Waals surface area contributed by atoms with Crippen LogP contribution in [0.15, 0.2) is 38.9 Å². The number of rotatable bonds is 5. The fourth-order valence-electron chi connectivity index (χ4n) is 3.61. The Morgan fingerprint density at radius 3 is 2.68 bits per heavy atom. The minimum Gasteiger partial charge on any atom is -0.411 e. The quantitative estimate of drug-likeness (QED) is 0.404. The Kier molecular flexibility index (Phi) is 5.75. The molecule has 4 aromatic rings. The number of aryl methyl sites for hydroxylation is 3. The Balaban J connectivity index is 1.49. The number of benzene rings is 1. The third-order valence-corrected chi connectivity index (χ3v) is 7.41. The molecule has 0 unspecified atom stereocenters. The molecule has 1 aromatic carbocycles. The molecule has 1 aliphatic rings. The maximum atomic E-state index is 6.00. The van der Waals surface area contributed by atoms with Crippen molar-refractivity contribution in [3.63, 3.8) is 0 Å². The van der Waals surface area contributed by atoms with Gasteiger partial charge in [-0.05, 0) is 49.7 Å². The molecule has 31 heavy (non-hydrogen) atoms. The van der Waals surface area contributed by atoms with Crippen molar-refractivity contribution in [1.82, 2.24) is 25.1 Å². The fourth-order valence-corrected chi connectivity index (χ4v) is 5.60. The molecule has 160 valence electrons. The SMILES string of the molecule is Cc1ccccc1-c1nnc(Sc2nc(CN3CCOCC3)nc3sc(C)c(C)c23)o1. The van der Waals surface area contributed by atoms with Gasteiger partial charge < -0.3 is 9.15 Å². The van der Waals surface area contributed by atoms with Crippen LogP contribution in [0.3, 0.4) is 0 Å². The molecule has 1 saturated heterocycles. The van der Waals surface area contributed by atoms with Gasteiger partial charge in [0.15, 0.2) is 0 Å². The van der Waals surface area contributed by atoms with Crippen LogP contribution in [0.5, 0.6) is 0 Å². The lowest BCUT2D eigenvalue weighted by molar-refractivity contribution is 0.0330. The van der Waals surface area contributed by atoms with E-state index in [0.29, 0.717) is 17.7 Å². The molecule has 0 aliphatic carbocycles. The predicted octanol–water partition coefficient (Wildman–Crippen LogP) is 4.65. The summed E-state index contributed by atoms with van der Waals surface area (Å²) >= 11 is 3.12. The summed E-state index contributed by atoms with van der Waals surface area (Å²) in [7, 11) is 0. The van der Waals surface area contributed by atoms with Gasteiger partial charge in [0, 0.05) is 28.9 Å². The topological polar surface area (TPSA) is 77.2 Å². The fraction of sp³-hybridized carbons (Fsp3) is 0.364. The van der Waals surface area contributed by atoms with E-state index in [9.17, 15) is 0 Å². The van der Waals surface area contributed by atoms with E-state index in [0.717, 1.165) is 58.5 Å². The van der Waals surface area contributed by atoms with Gasteiger partial charge in [0.2, 0.25) is 5.89 Å². The number of hydrogen-bond acceptors (Lipinski definition) is 9. The molecule has 5 rings (SSSR count). The first kappa shape index (κ1) is 20.6. The van der Waals surface area contributed by atoms with Gasteiger partial charge in [-0.1, -0.05) is 18.2 Å². The Labute approximate surface area is 188 Å². The average molecular weight is 454 g/mol. The van der Waals surface area contributed by atoms with Crippen LogP contribution in [0.4, 0.5) is 0 Å². The maximum absolute atomic E-state index is 6.00. The van der Waals surface area contributed by atoms with Gasteiger partial charge in [0.25, 0.3) is 5.22 Å². The van der Waals surface area contributed by atoms with Gasteiger partial charge in [-0.2, -0.15) is 0 Å². The zero-order valence-corrected chi connectivity index (χ0v) is 19.3. The second kappa shape index (κ2) is 8.66. The molecule has 0 spiro atoms. The van der Waals surface area contributed by atoms with Crippen LogP contribution in [0.25, 0.3) is 21.7 Å². The first-order chi connectivity index (χ1) is 15.1. The standard InChI is InChI=1S/C22H23N5O2S2/c1-13-6-4-5-7-16(13)19-25-26-22(29-19)31-21-18-14(2)15(3)30-20(18)23-17(24-21)12-27-8-10-28-11-9-27/h4-7H,8-12H2,1-3H3. The van der Waals surface area contributed by atoms with Crippen molar-refractivity contribution in [2.45, 2.75) is 37.6 Å². The summed E-state index contributed by atoms with van der Waals surface area (Å²) < 4.78 is 11.5. The van der Waals surface area contributed by atoms with E-state index in [1.54, 1.807) is 11.3 Å². The molecule has 1 aliphatic heterocycles. The zero-order chi connectivity index (χ0) is 21.4. The molecule has 3 aromatic heterocycles. The lowest BCUT2D eigenvalue weighted by Crippen LogP contribution is -2.36. The predicted molar refractivity (Wildman–Crippen MR) is 122 cm³/mol. The maximum Gasteiger partial charge on any atom is 0.283 e. The number of nitrogens with zero attached hydrogens (tertiary/aromatic N) is 5. The Bertz CT molecular complexity index is 1230. The third-order valence-electron chi connectivity index (χ3n) is 5.48. The van der Waals surface area contributed by atoms with Gasteiger partial charge in [-0.3, -0.25) is 4.90 Å². The van der Waals surface area contributed by atoms with Crippen molar-refractivity contribution >= 4 is 33.3 Å². The van der Waals surface area contributed by atoms with Crippen molar-refractivity contribution in [3.8, 4) is 11.5 Å². The van der Waals surface area contributed by atoms with Crippen LogP contribution in [0.1, 0.15) is 21.8 Å². The summed E-state index contributed by atoms with van der Waals surface area (Å²) in [5, 5.41) is 11.0. The molecule has 0 amide bonds. The van der Waals surface area contributed by atoms with Crippen LogP contribution < -0.4 is 0 Å². The second-order valence-electron chi connectivity index (χ2n) is 7.59. The molecular weight excluding hydrogens is 430 g/mol. The van der Waals surface area contributed by atoms with E-state index in [-0.39, 0.29) is 0 Å². The normalized spacial score (nSPS) is 15.1. The summed E-state index contributed by atoms with van der Waals surface area (Å²) in [6.07, 6.45) is 0. The number of thiophene rings is 1. The van der Waals surface area contributed by atoms with Gasteiger partial charge in [-0.25, -0.2) is 9.97 Å². The minimum atomic E-state index is 0.485.